The predicted octanol–water partition coefficient (Wildman–Crippen LogP) is 0.552. The maximum absolute atomic E-state index is 11.9. The van der Waals surface area contributed by atoms with Crippen molar-refractivity contribution in [3.8, 4) is 0 Å². The Kier molecular flexibility index (Phi) is 10.3. The molecule has 1 atom stereocenters. The average molecular weight is 395 g/mol. The van der Waals surface area contributed by atoms with Crippen LogP contribution < -0.4 is 0 Å². The van der Waals surface area contributed by atoms with Crippen LogP contribution in [0.1, 0.15) is 12.8 Å². The van der Waals surface area contributed by atoms with E-state index in [2.05, 4.69) is 21.0 Å². The first-order valence-electron chi connectivity index (χ1n) is 8.62. The molecule has 0 aliphatic carbocycles. The van der Waals surface area contributed by atoms with Gasteiger partial charge in [-0.25, -0.2) is 19.2 Å². The van der Waals surface area contributed by atoms with Gasteiger partial charge >= 0.3 is 23.9 Å². The molecule has 9 nitrogen and oxygen atoms in total. The van der Waals surface area contributed by atoms with Crippen molar-refractivity contribution in [3.63, 3.8) is 0 Å². The highest BCUT2D eigenvalue weighted by atomic mass is 16.6. The molecule has 154 valence electrons. The minimum Gasteiger partial charge on any atom is -0.466 e. The zero-order chi connectivity index (χ0) is 20.9. The van der Waals surface area contributed by atoms with E-state index in [4.69, 9.17) is 9.47 Å². The summed E-state index contributed by atoms with van der Waals surface area (Å²) in [5.74, 6) is -2.93. The van der Waals surface area contributed by atoms with Crippen molar-refractivity contribution < 1.29 is 38.1 Å². The fourth-order valence-electron chi connectivity index (χ4n) is 2.30. The highest BCUT2D eigenvalue weighted by Gasteiger charge is 2.21. The fourth-order valence-corrected chi connectivity index (χ4v) is 2.30. The third-order valence-electron chi connectivity index (χ3n) is 3.83. The van der Waals surface area contributed by atoms with Crippen LogP contribution in [0.3, 0.4) is 0 Å². The van der Waals surface area contributed by atoms with Gasteiger partial charge in [0.2, 0.25) is 0 Å². The van der Waals surface area contributed by atoms with Crippen LogP contribution in [0.2, 0.25) is 0 Å². The Morgan fingerprint density at radius 1 is 0.929 bits per heavy atom. The van der Waals surface area contributed by atoms with E-state index in [1.54, 1.807) is 0 Å². The van der Waals surface area contributed by atoms with Crippen molar-refractivity contribution in [1.82, 2.24) is 4.90 Å². The van der Waals surface area contributed by atoms with Crippen molar-refractivity contribution in [2.24, 2.45) is 0 Å². The van der Waals surface area contributed by atoms with E-state index >= 15 is 0 Å². The smallest absolute Gasteiger partial charge is 0.331 e. The molecule has 1 unspecified atom stereocenters. The summed E-state index contributed by atoms with van der Waals surface area (Å²) in [6.07, 6.45) is 4.66. The Labute approximate surface area is 163 Å². The van der Waals surface area contributed by atoms with E-state index in [1.165, 1.54) is 14.2 Å². The van der Waals surface area contributed by atoms with E-state index in [-0.39, 0.29) is 6.61 Å². The third kappa shape index (κ3) is 9.67. The molecule has 9 heteroatoms. The van der Waals surface area contributed by atoms with Gasteiger partial charge in [-0.1, -0.05) is 12.2 Å². The molecular weight excluding hydrogens is 370 g/mol. The van der Waals surface area contributed by atoms with E-state index < -0.39 is 30.0 Å². The molecule has 0 N–H and O–H groups in total. The van der Waals surface area contributed by atoms with Crippen LogP contribution >= 0.6 is 0 Å². The lowest BCUT2D eigenvalue weighted by Crippen LogP contribution is -2.41. The number of ether oxygens (including phenoxy) is 4. The molecule has 1 fully saturated rings. The average Bonchev–Trinajstić information content (AvgIpc) is 2.69. The monoisotopic (exact) mass is 395 g/mol. The molecule has 1 rings (SSSR count). The Bertz CT molecular complexity index is 642. The Morgan fingerprint density at radius 3 is 1.96 bits per heavy atom. The molecule has 0 aromatic heterocycles. The first-order valence-corrected chi connectivity index (χ1v) is 8.62. The van der Waals surface area contributed by atoms with E-state index in [1.807, 2.05) is 0 Å². The molecule has 0 amide bonds. The molecule has 1 aliphatic rings. The predicted molar refractivity (Wildman–Crippen MR) is 98.0 cm³/mol. The van der Waals surface area contributed by atoms with Gasteiger partial charge in [-0.3, -0.25) is 4.90 Å². The van der Waals surface area contributed by atoms with Crippen LogP contribution in [0.5, 0.6) is 0 Å². The van der Waals surface area contributed by atoms with Gasteiger partial charge in [0.1, 0.15) is 12.7 Å². The van der Waals surface area contributed by atoms with Crippen LogP contribution in [0, 0.1) is 0 Å². The van der Waals surface area contributed by atoms with Crippen LogP contribution in [0.15, 0.2) is 36.5 Å². The summed E-state index contributed by atoms with van der Waals surface area (Å²) in [4.78, 5) is 47.7. The summed E-state index contributed by atoms with van der Waals surface area (Å²) < 4.78 is 19.1. The van der Waals surface area contributed by atoms with Gasteiger partial charge < -0.3 is 18.9 Å². The number of carbonyl (C=O) groups is 4. The van der Waals surface area contributed by atoms with Gasteiger partial charge in [-0.2, -0.15) is 0 Å². The number of likely N-dealkylation sites (tertiary alicyclic amines) is 1. The number of hydrogen-bond acceptors (Lipinski definition) is 9. The minimum absolute atomic E-state index is 0.209. The largest absolute Gasteiger partial charge is 0.466 e. The van der Waals surface area contributed by atoms with Gasteiger partial charge in [-0.15, -0.1) is 0 Å². The second kappa shape index (κ2) is 12.4. The van der Waals surface area contributed by atoms with Gasteiger partial charge in [0.15, 0.2) is 0 Å². The van der Waals surface area contributed by atoms with Crippen molar-refractivity contribution in [2.45, 2.75) is 18.9 Å². The van der Waals surface area contributed by atoms with Crippen LogP contribution in [0.25, 0.3) is 0 Å². The van der Waals surface area contributed by atoms with Crippen molar-refractivity contribution in [3.05, 3.63) is 36.5 Å². The Hall–Kier alpha value is -2.94. The lowest BCUT2D eigenvalue weighted by molar-refractivity contribution is -0.154. The summed E-state index contributed by atoms with van der Waals surface area (Å²) >= 11 is 0. The van der Waals surface area contributed by atoms with E-state index in [9.17, 15) is 19.2 Å². The topological polar surface area (TPSA) is 108 Å². The Morgan fingerprint density at radius 2 is 1.43 bits per heavy atom. The summed E-state index contributed by atoms with van der Waals surface area (Å²) in [5, 5.41) is 0. The zero-order valence-corrected chi connectivity index (χ0v) is 16.0. The van der Waals surface area contributed by atoms with Crippen LogP contribution in [0.4, 0.5) is 0 Å². The van der Waals surface area contributed by atoms with E-state index in [0.717, 1.165) is 55.8 Å². The molecule has 1 aliphatic heterocycles. The summed E-state index contributed by atoms with van der Waals surface area (Å²) in [7, 11) is 2.37. The van der Waals surface area contributed by atoms with E-state index in [0.29, 0.717) is 6.54 Å². The molecule has 0 aromatic carbocycles. The summed E-state index contributed by atoms with van der Waals surface area (Å²) in [5.41, 5.74) is 1.16. The van der Waals surface area contributed by atoms with Gasteiger partial charge in [0.25, 0.3) is 0 Å². The molecule has 0 bridgehead atoms. The number of carbonyl (C=O) groups excluding carboxylic acids is 4. The quantitative estimate of drug-likeness (QED) is 0.239. The maximum atomic E-state index is 11.9. The van der Waals surface area contributed by atoms with Gasteiger partial charge in [-0.05, 0) is 12.8 Å². The molecule has 0 spiro atoms. The maximum Gasteiger partial charge on any atom is 0.331 e. The zero-order valence-electron chi connectivity index (χ0n) is 16.0. The van der Waals surface area contributed by atoms with Crippen molar-refractivity contribution in [1.29, 1.82) is 0 Å². The number of esters is 4. The number of hydrogen-bond donors (Lipinski definition) is 0. The number of rotatable bonds is 9. The molecule has 1 heterocycles. The first-order chi connectivity index (χ1) is 13.3. The first kappa shape index (κ1) is 23.1. The molecule has 0 radical (unpaired) electrons. The molecule has 28 heavy (non-hydrogen) atoms. The molecule has 0 saturated carbocycles. The minimum atomic E-state index is -0.774. The summed E-state index contributed by atoms with van der Waals surface area (Å²) in [6.45, 7) is 5.59. The number of piperidine rings is 1. The Balaban J connectivity index is 2.64. The lowest BCUT2D eigenvalue weighted by atomic mass is 10.1. The van der Waals surface area contributed by atoms with Crippen molar-refractivity contribution >= 4 is 23.9 Å². The highest BCUT2D eigenvalue weighted by molar-refractivity contribution is 5.92. The fraction of sp³-hybridized carbons (Fsp3) is 0.474. The van der Waals surface area contributed by atoms with Gasteiger partial charge in [0.05, 0.1) is 14.2 Å². The second-order valence-corrected chi connectivity index (χ2v) is 5.95. The molecule has 1 saturated heterocycles. The highest BCUT2D eigenvalue weighted by Crippen LogP contribution is 2.14. The van der Waals surface area contributed by atoms with Crippen LogP contribution in [-0.2, 0) is 38.1 Å². The van der Waals surface area contributed by atoms with Gasteiger partial charge in [0, 0.05) is 43.9 Å². The second-order valence-electron chi connectivity index (χ2n) is 5.95. The standard InChI is InChI=1S/C19H25NO8/c1-14-8-10-20(11-9-14)12-15(28-19(24)7-5-17(22)26-3)13-27-18(23)6-4-16(21)25-2/h4-7,15H,1,8-13H2,2-3H3/b6-4+,7-5+. The normalized spacial score (nSPS) is 16.0. The SMILES string of the molecule is C=C1CCN(CC(COC(=O)/C=C/C(=O)OC)OC(=O)/C=C/C(=O)OC)CC1. The van der Waals surface area contributed by atoms with Crippen LogP contribution in [-0.4, -0.2) is 75.3 Å². The number of methoxy groups -OCH3 is 2. The number of nitrogens with zero attached hydrogens (tertiary/aromatic N) is 1. The lowest BCUT2D eigenvalue weighted by Gasteiger charge is -2.30. The molecule has 0 aromatic rings. The van der Waals surface area contributed by atoms with Crippen molar-refractivity contribution in [2.75, 3.05) is 40.5 Å². The summed E-state index contributed by atoms with van der Waals surface area (Å²) in [6, 6.07) is 0. The molecular formula is C19H25NO8. The third-order valence-corrected chi connectivity index (χ3v) is 3.83.